The second-order valence-electron chi connectivity index (χ2n) is 5.52. The maximum absolute atomic E-state index is 6.45. The SMILES string of the molecule is CCCNCc1ccc(N2CCC(COC)C2)c(Cl)c1. The van der Waals surface area contributed by atoms with Crippen molar-refractivity contribution in [3.8, 4) is 0 Å². The largest absolute Gasteiger partial charge is 0.384 e. The van der Waals surface area contributed by atoms with Gasteiger partial charge in [0.15, 0.2) is 0 Å². The van der Waals surface area contributed by atoms with Crippen LogP contribution in [0.2, 0.25) is 5.02 Å². The number of nitrogens with zero attached hydrogens (tertiary/aromatic N) is 1. The summed E-state index contributed by atoms with van der Waals surface area (Å²) in [5.74, 6) is 0.627. The molecule has 1 unspecified atom stereocenters. The fraction of sp³-hybridized carbons (Fsp3) is 0.625. The number of anilines is 1. The fourth-order valence-corrected chi connectivity index (χ4v) is 3.07. The van der Waals surface area contributed by atoms with E-state index in [0.29, 0.717) is 5.92 Å². The Morgan fingerprint density at radius 2 is 2.30 bits per heavy atom. The lowest BCUT2D eigenvalue weighted by molar-refractivity contribution is 0.161. The van der Waals surface area contributed by atoms with Crippen molar-refractivity contribution in [2.75, 3.05) is 38.3 Å². The molecule has 1 aliphatic rings. The topological polar surface area (TPSA) is 24.5 Å². The number of methoxy groups -OCH3 is 1. The van der Waals surface area contributed by atoms with Crippen LogP contribution in [0.5, 0.6) is 0 Å². The minimum Gasteiger partial charge on any atom is -0.384 e. The van der Waals surface area contributed by atoms with Crippen LogP contribution in [0.25, 0.3) is 0 Å². The van der Waals surface area contributed by atoms with Gasteiger partial charge in [0.2, 0.25) is 0 Å². The molecule has 0 spiro atoms. The summed E-state index contributed by atoms with van der Waals surface area (Å²) in [7, 11) is 1.77. The van der Waals surface area contributed by atoms with Gasteiger partial charge in [0.05, 0.1) is 17.3 Å². The highest BCUT2D eigenvalue weighted by molar-refractivity contribution is 6.33. The number of halogens is 1. The predicted octanol–water partition coefficient (Wildman–Crippen LogP) is 3.31. The van der Waals surface area contributed by atoms with Crippen LogP contribution in [0, 0.1) is 5.92 Å². The number of nitrogens with one attached hydrogen (secondary N) is 1. The van der Waals surface area contributed by atoms with Crippen LogP contribution in [0.15, 0.2) is 18.2 Å². The van der Waals surface area contributed by atoms with Crippen molar-refractivity contribution in [1.29, 1.82) is 0 Å². The van der Waals surface area contributed by atoms with E-state index in [0.717, 1.165) is 49.9 Å². The molecule has 0 aromatic heterocycles. The summed E-state index contributed by atoms with van der Waals surface area (Å²) >= 11 is 6.45. The summed E-state index contributed by atoms with van der Waals surface area (Å²) in [6.07, 6.45) is 2.34. The smallest absolute Gasteiger partial charge is 0.0642 e. The molecule has 1 saturated heterocycles. The Labute approximate surface area is 127 Å². The van der Waals surface area contributed by atoms with E-state index >= 15 is 0 Å². The van der Waals surface area contributed by atoms with Gasteiger partial charge in [-0.2, -0.15) is 0 Å². The average Bonchev–Trinajstić information content (AvgIpc) is 2.88. The van der Waals surface area contributed by atoms with Crippen molar-refractivity contribution >= 4 is 17.3 Å². The van der Waals surface area contributed by atoms with Crippen LogP contribution in [0.3, 0.4) is 0 Å². The normalized spacial score (nSPS) is 18.8. The molecule has 0 aliphatic carbocycles. The van der Waals surface area contributed by atoms with Crippen LogP contribution in [0.1, 0.15) is 25.3 Å². The molecule has 1 aliphatic heterocycles. The number of hydrogen-bond acceptors (Lipinski definition) is 3. The molecule has 0 radical (unpaired) electrons. The van der Waals surface area contributed by atoms with E-state index in [9.17, 15) is 0 Å². The number of rotatable bonds is 7. The van der Waals surface area contributed by atoms with E-state index in [1.54, 1.807) is 7.11 Å². The Hall–Kier alpha value is -0.770. The zero-order valence-corrected chi connectivity index (χ0v) is 13.2. The minimum absolute atomic E-state index is 0.627. The van der Waals surface area contributed by atoms with E-state index in [-0.39, 0.29) is 0 Å². The number of ether oxygens (including phenoxy) is 1. The van der Waals surface area contributed by atoms with Crippen LogP contribution in [-0.4, -0.2) is 33.4 Å². The molecule has 20 heavy (non-hydrogen) atoms. The molecule has 1 aromatic rings. The van der Waals surface area contributed by atoms with Crippen molar-refractivity contribution in [3.63, 3.8) is 0 Å². The molecule has 3 nitrogen and oxygen atoms in total. The third kappa shape index (κ3) is 4.11. The fourth-order valence-electron chi connectivity index (χ4n) is 2.75. The van der Waals surface area contributed by atoms with Gasteiger partial charge in [-0.05, 0) is 37.1 Å². The highest BCUT2D eigenvalue weighted by Crippen LogP contribution is 2.31. The summed E-state index contributed by atoms with van der Waals surface area (Å²) in [5.41, 5.74) is 2.41. The lowest BCUT2D eigenvalue weighted by Gasteiger charge is -2.20. The van der Waals surface area contributed by atoms with Gasteiger partial charge >= 0.3 is 0 Å². The molecule has 0 bridgehead atoms. The third-order valence-corrected chi connectivity index (χ3v) is 4.10. The lowest BCUT2D eigenvalue weighted by atomic mass is 10.1. The first-order valence-corrected chi connectivity index (χ1v) is 7.85. The molecule has 0 saturated carbocycles. The van der Waals surface area contributed by atoms with Crippen molar-refractivity contribution in [2.24, 2.45) is 5.92 Å². The number of hydrogen-bond donors (Lipinski definition) is 1. The standard InChI is InChI=1S/C16H25ClN2O/c1-3-7-18-10-13-4-5-16(15(17)9-13)19-8-6-14(11-19)12-20-2/h4-5,9,14,18H,3,6-8,10-12H2,1-2H3. The molecular formula is C16H25ClN2O. The summed E-state index contributed by atoms with van der Waals surface area (Å²) in [6.45, 7) is 7.06. The minimum atomic E-state index is 0.627. The van der Waals surface area contributed by atoms with Crippen molar-refractivity contribution in [2.45, 2.75) is 26.3 Å². The zero-order valence-electron chi connectivity index (χ0n) is 12.5. The average molecular weight is 297 g/mol. The van der Waals surface area contributed by atoms with Gasteiger partial charge in [0.1, 0.15) is 0 Å². The molecular weight excluding hydrogens is 272 g/mol. The van der Waals surface area contributed by atoms with E-state index in [4.69, 9.17) is 16.3 Å². The maximum Gasteiger partial charge on any atom is 0.0642 e. The molecule has 4 heteroatoms. The van der Waals surface area contributed by atoms with Gasteiger partial charge in [-0.1, -0.05) is 24.6 Å². The van der Waals surface area contributed by atoms with Gasteiger partial charge in [0, 0.05) is 32.7 Å². The lowest BCUT2D eigenvalue weighted by Crippen LogP contribution is -2.21. The molecule has 1 heterocycles. The quantitative estimate of drug-likeness (QED) is 0.781. The van der Waals surface area contributed by atoms with Crippen molar-refractivity contribution < 1.29 is 4.74 Å². The summed E-state index contributed by atoms with van der Waals surface area (Å²) in [4.78, 5) is 2.37. The highest BCUT2D eigenvalue weighted by atomic mass is 35.5. The first kappa shape index (κ1) is 15.6. The monoisotopic (exact) mass is 296 g/mol. The Morgan fingerprint density at radius 1 is 1.45 bits per heavy atom. The third-order valence-electron chi connectivity index (χ3n) is 3.80. The second kappa shape index (κ2) is 7.87. The van der Waals surface area contributed by atoms with E-state index in [1.807, 2.05) is 0 Å². The van der Waals surface area contributed by atoms with Gasteiger partial charge < -0.3 is 15.0 Å². The van der Waals surface area contributed by atoms with Crippen molar-refractivity contribution in [3.05, 3.63) is 28.8 Å². The Balaban J connectivity index is 1.96. The molecule has 0 amide bonds. The molecule has 1 aromatic carbocycles. The van der Waals surface area contributed by atoms with E-state index in [2.05, 4.69) is 35.3 Å². The molecule has 1 N–H and O–H groups in total. The van der Waals surface area contributed by atoms with Gasteiger partial charge in [-0.15, -0.1) is 0 Å². The Bertz CT molecular complexity index is 425. The van der Waals surface area contributed by atoms with Crippen LogP contribution < -0.4 is 10.2 Å². The van der Waals surface area contributed by atoms with Gasteiger partial charge in [0.25, 0.3) is 0 Å². The maximum atomic E-state index is 6.45. The summed E-state index contributed by atoms with van der Waals surface area (Å²) in [6, 6.07) is 6.41. The Kier molecular flexibility index (Phi) is 6.14. The Morgan fingerprint density at radius 3 is 3.00 bits per heavy atom. The molecule has 2 rings (SSSR count). The number of benzene rings is 1. The van der Waals surface area contributed by atoms with Gasteiger partial charge in [-0.3, -0.25) is 0 Å². The second-order valence-corrected chi connectivity index (χ2v) is 5.93. The van der Waals surface area contributed by atoms with E-state index < -0.39 is 0 Å². The van der Waals surface area contributed by atoms with Crippen LogP contribution in [0.4, 0.5) is 5.69 Å². The van der Waals surface area contributed by atoms with Crippen molar-refractivity contribution in [1.82, 2.24) is 5.32 Å². The molecule has 1 atom stereocenters. The summed E-state index contributed by atoms with van der Waals surface area (Å²) < 4.78 is 5.25. The van der Waals surface area contributed by atoms with Crippen LogP contribution >= 0.6 is 11.6 Å². The molecule has 112 valence electrons. The highest BCUT2D eigenvalue weighted by Gasteiger charge is 2.23. The molecule has 1 fully saturated rings. The van der Waals surface area contributed by atoms with Gasteiger partial charge in [-0.25, -0.2) is 0 Å². The van der Waals surface area contributed by atoms with Crippen LogP contribution in [-0.2, 0) is 11.3 Å². The predicted molar refractivity (Wildman–Crippen MR) is 85.6 cm³/mol. The first-order chi connectivity index (χ1) is 9.74. The first-order valence-electron chi connectivity index (χ1n) is 7.47. The summed E-state index contributed by atoms with van der Waals surface area (Å²) in [5, 5.41) is 4.26. The van der Waals surface area contributed by atoms with E-state index in [1.165, 1.54) is 12.0 Å². The zero-order chi connectivity index (χ0) is 14.4.